The summed E-state index contributed by atoms with van der Waals surface area (Å²) in [4.78, 5) is 14.5. The number of carbonyl (C=O) groups is 1. The third-order valence-electron chi connectivity index (χ3n) is 4.80. The molecule has 1 fully saturated rings. The van der Waals surface area contributed by atoms with Gasteiger partial charge in [0.25, 0.3) is 0 Å². The van der Waals surface area contributed by atoms with Crippen LogP contribution in [0.25, 0.3) is 0 Å². The fourth-order valence-corrected chi connectivity index (χ4v) is 3.45. The van der Waals surface area contributed by atoms with Crippen LogP contribution in [-0.2, 0) is 16.1 Å². The molecule has 28 heavy (non-hydrogen) atoms. The van der Waals surface area contributed by atoms with Crippen LogP contribution in [-0.4, -0.2) is 50.2 Å². The van der Waals surface area contributed by atoms with Crippen LogP contribution in [0.3, 0.4) is 0 Å². The molecule has 1 atom stereocenters. The van der Waals surface area contributed by atoms with Crippen LogP contribution in [0.2, 0.25) is 5.02 Å². The van der Waals surface area contributed by atoms with Crippen LogP contribution in [0.1, 0.15) is 17.2 Å². The van der Waals surface area contributed by atoms with Crippen molar-refractivity contribution in [3.05, 3.63) is 70.5 Å². The number of halogens is 2. The van der Waals surface area contributed by atoms with Crippen LogP contribution < -0.4 is 10.6 Å². The number of rotatable bonds is 8. The van der Waals surface area contributed by atoms with Crippen molar-refractivity contribution in [3.63, 3.8) is 0 Å². The second kappa shape index (κ2) is 10.5. The second-order valence-corrected chi connectivity index (χ2v) is 7.12. The summed E-state index contributed by atoms with van der Waals surface area (Å²) in [6, 6.07) is 14.0. The van der Waals surface area contributed by atoms with Crippen LogP contribution in [0, 0.1) is 5.82 Å². The van der Waals surface area contributed by atoms with Crippen molar-refractivity contribution in [3.8, 4) is 0 Å². The quantitative estimate of drug-likeness (QED) is 0.709. The lowest BCUT2D eigenvalue weighted by Gasteiger charge is -2.35. The van der Waals surface area contributed by atoms with Crippen molar-refractivity contribution in [2.45, 2.75) is 12.6 Å². The van der Waals surface area contributed by atoms with Crippen LogP contribution in [0.5, 0.6) is 0 Å². The number of carbonyl (C=O) groups excluding carboxylic acids is 1. The van der Waals surface area contributed by atoms with Gasteiger partial charge in [-0.05, 0) is 29.3 Å². The number of hydrogen-bond acceptors (Lipinski definition) is 4. The Labute approximate surface area is 169 Å². The van der Waals surface area contributed by atoms with Gasteiger partial charge >= 0.3 is 0 Å². The fraction of sp³-hybridized carbons (Fsp3) is 0.381. The molecule has 0 radical (unpaired) electrons. The maximum atomic E-state index is 13.3. The van der Waals surface area contributed by atoms with E-state index in [0.717, 1.165) is 24.2 Å². The Hall–Kier alpha value is -1.99. The Kier molecular flexibility index (Phi) is 7.80. The van der Waals surface area contributed by atoms with Gasteiger partial charge in [0, 0.05) is 37.2 Å². The van der Waals surface area contributed by atoms with Crippen molar-refractivity contribution in [2.75, 3.05) is 39.4 Å². The molecule has 0 spiro atoms. The van der Waals surface area contributed by atoms with Gasteiger partial charge in [-0.25, -0.2) is 4.39 Å². The maximum Gasteiger partial charge on any atom is 0.234 e. The first-order chi connectivity index (χ1) is 13.6. The molecule has 1 heterocycles. The molecule has 1 aliphatic heterocycles. The van der Waals surface area contributed by atoms with Crippen LogP contribution in [0.4, 0.5) is 4.39 Å². The van der Waals surface area contributed by atoms with Gasteiger partial charge in [0.1, 0.15) is 5.82 Å². The number of amides is 1. The van der Waals surface area contributed by atoms with Gasteiger partial charge in [0.15, 0.2) is 0 Å². The monoisotopic (exact) mass is 405 g/mol. The van der Waals surface area contributed by atoms with E-state index in [4.69, 9.17) is 16.3 Å². The number of nitrogens with one attached hydrogen (secondary N) is 2. The van der Waals surface area contributed by atoms with Gasteiger partial charge in [-0.3, -0.25) is 9.69 Å². The molecule has 0 aromatic heterocycles. The zero-order valence-corrected chi connectivity index (χ0v) is 16.4. The summed E-state index contributed by atoms with van der Waals surface area (Å²) in [6.07, 6.45) is 0. The fourth-order valence-electron chi connectivity index (χ4n) is 3.25. The minimum atomic E-state index is -0.253. The Morgan fingerprint density at radius 1 is 1.14 bits per heavy atom. The summed E-state index contributed by atoms with van der Waals surface area (Å²) in [5, 5.41) is 6.73. The molecule has 1 amide bonds. The molecule has 2 N–H and O–H groups in total. The van der Waals surface area contributed by atoms with Gasteiger partial charge in [-0.2, -0.15) is 0 Å². The van der Waals surface area contributed by atoms with Crippen molar-refractivity contribution in [1.29, 1.82) is 0 Å². The summed E-state index contributed by atoms with van der Waals surface area (Å²) in [5.41, 5.74) is 1.90. The summed E-state index contributed by atoms with van der Waals surface area (Å²) in [6.45, 7) is 4.15. The standard InChI is InChI=1S/C21H25ClFN3O2/c22-19-4-2-1-3-17(19)13-25-21(27)15-24-14-20(26-9-11-28-12-10-26)16-5-7-18(23)8-6-16/h1-8,20,24H,9-15H2,(H,25,27)/t20-/m1/s1. The molecule has 0 saturated carbocycles. The summed E-state index contributed by atoms with van der Waals surface area (Å²) in [5.74, 6) is -0.351. The number of hydrogen-bond donors (Lipinski definition) is 2. The van der Waals surface area contributed by atoms with Crippen LogP contribution >= 0.6 is 11.6 Å². The van der Waals surface area contributed by atoms with E-state index < -0.39 is 0 Å². The predicted octanol–water partition coefficient (Wildman–Crippen LogP) is 2.76. The van der Waals surface area contributed by atoms with Gasteiger partial charge in [-0.15, -0.1) is 0 Å². The Bertz CT molecular complexity index is 767. The van der Waals surface area contributed by atoms with E-state index in [0.29, 0.717) is 31.3 Å². The number of ether oxygens (including phenoxy) is 1. The molecular weight excluding hydrogens is 381 g/mol. The first kappa shape index (κ1) is 20.7. The van der Waals surface area contributed by atoms with Gasteiger partial charge in [0.05, 0.1) is 19.8 Å². The number of benzene rings is 2. The topological polar surface area (TPSA) is 53.6 Å². The van der Waals surface area contributed by atoms with Crippen molar-refractivity contribution < 1.29 is 13.9 Å². The minimum Gasteiger partial charge on any atom is -0.379 e. The molecule has 0 aliphatic carbocycles. The molecule has 7 heteroatoms. The van der Waals surface area contributed by atoms with E-state index in [1.54, 1.807) is 18.2 Å². The van der Waals surface area contributed by atoms with Gasteiger partial charge < -0.3 is 15.4 Å². The second-order valence-electron chi connectivity index (χ2n) is 6.71. The number of nitrogens with zero attached hydrogens (tertiary/aromatic N) is 1. The first-order valence-corrected chi connectivity index (χ1v) is 9.79. The first-order valence-electron chi connectivity index (χ1n) is 9.41. The third kappa shape index (κ3) is 6.01. The largest absolute Gasteiger partial charge is 0.379 e. The predicted molar refractivity (Wildman–Crippen MR) is 108 cm³/mol. The Morgan fingerprint density at radius 3 is 2.57 bits per heavy atom. The molecule has 3 rings (SSSR count). The molecule has 2 aromatic rings. The molecule has 1 aliphatic rings. The molecule has 0 unspecified atom stereocenters. The van der Waals surface area contributed by atoms with E-state index in [1.165, 1.54) is 12.1 Å². The zero-order valence-electron chi connectivity index (χ0n) is 15.7. The lowest BCUT2D eigenvalue weighted by atomic mass is 10.0. The highest BCUT2D eigenvalue weighted by Gasteiger charge is 2.22. The van der Waals surface area contributed by atoms with Gasteiger partial charge in [-0.1, -0.05) is 41.9 Å². The van der Waals surface area contributed by atoms with Gasteiger partial charge in [0.2, 0.25) is 5.91 Å². The van der Waals surface area contributed by atoms with Crippen molar-refractivity contribution in [2.24, 2.45) is 0 Å². The Morgan fingerprint density at radius 2 is 1.86 bits per heavy atom. The van der Waals surface area contributed by atoms with E-state index in [2.05, 4.69) is 15.5 Å². The lowest BCUT2D eigenvalue weighted by Crippen LogP contribution is -2.44. The number of morpholine rings is 1. The molecule has 5 nitrogen and oxygen atoms in total. The summed E-state index contributed by atoms with van der Waals surface area (Å²) in [7, 11) is 0. The average molecular weight is 406 g/mol. The third-order valence-corrected chi connectivity index (χ3v) is 5.17. The SMILES string of the molecule is O=C(CNC[C@H](c1ccc(F)cc1)N1CCOCC1)NCc1ccccc1Cl. The maximum absolute atomic E-state index is 13.3. The highest BCUT2D eigenvalue weighted by Crippen LogP contribution is 2.21. The molecule has 0 bridgehead atoms. The van der Waals surface area contributed by atoms with E-state index in [1.807, 2.05) is 18.2 Å². The van der Waals surface area contributed by atoms with E-state index in [9.17, 15) is 9.18 Å². The average Bonchev–Trinajstić information content (AvgIpc) is 2.72. The summed E-state index contributed by atoms with van der Waals surface area (Å²) >= 11 is 6.11. The highest BCUT2D eigenvalue weighted by molar-refractivity contribution is 6.31. The van der Waals surface area contributed by atoms with E-state index in [-0.39, 0.29) is 24.3 Å². The Balaban J connectivity index is 1.52. The molecule has 1 saturated heterocycles. The molecule has 150 valence electrons. The van der Waals surface area contributed by atoms with E-state index >= 15 is 0 Å². The van der Waals surface area contributed by atoms with Crippen molar-refractivity contribution in [1.82, 2.24) is 15.5 Å². The zero-order chi connectivity index (χ0) is 19.8. The van der Waals surface area contributed by atoms with Crippen LogP contribution in [0.15, 0.2) is 48.5 Å². The lowest BCUT2D eigenvalue weighted by molar-refractivity contribution is -0.120. The van der Waals surface area contributed by atoms with Crippen molar-refractivity contribution >= 4 is 17.5 Å². The molecular formula is C21H25ClFN3O2. The smallest absolute Gasteiger partial charge is 0.234 e. The molecule has 2 aromatic carbocycles. The highest BCUT2D eigenvalue weighted by atomic mass is 35.5. The summed E-state index contributed by atoms with van der Waals surface area (Å²) < 4.78 is 18.7. The normalized spacial score (nSPS) is 15.9. The minimum absolute atomic E-state index is 0.0564.